The van der Waals surface area contributed by atoms with Crippen LogP contribution in [0.1, 0.15) is 25.0 Å². The maximum Gasteiger partial charge on any atom is 0.230 e. The van der Waals surface area contributed by atoms with E-state index in [2.05, 4.69) is 10.6 Å². The number of hydrogen-bond acceptors (Lipinski definition) is 3. The molecule has 0 saturated carbocycles. The number of fused-ring (bicyclic) bond motifs is 1. The molecule has 0 saturated heterocycles. The van der Waals surface area contributed by atoms with Gasteiger partial charge in [-0.25, -0.2) is 0 Å². The van der Waals surface area contributed by atoms with Gasteiger partial charge in [0.1, 0.15) is 0 Å². The van der Waals surface area contributed by atoms with Crippen molar-refractivity contribution in [2.75, 3.05) is 17.7 Å². The summed E-state index contributed by atoms with van der Waals surface area (Å²) in [5.41, 5.74) is 2.52. The number of alkyl halides is 1. The topological polar surface area (TPSA) is 61.4 Å². The van der Waals surface area contributed by atoms with Crippen molar-refractivity contribution in [3.8, 4) is 0 Å². The molecule has 104 valence electrons. The Labute approximate surface area is 118 Å². The average molecular weight is 283 g/mol. The van der Waals surface area contributed by atoms with E-state index < -0.39 is 11.5 Å². The maximum absolute atomic E-state index is 11.9. The van der Waals surface area contributed by atoms with E-state index in [1.165, 1.54) is 0 Å². The normalized spacial score (nSPS) is 18.4. The standard InChI is InChI=1S/C14H19ClN2O2/c1-14(2)12-5-10(16-8-11(18)6-15)4-3-9(12)7-17-13(14)19/h3-5,11,16,18H,6-8H2,1-2H3,(H,17,19). The van der Waals surface area contributed by atoms with Crippen molar-refractivity contribution in [1.29, 1.82) is 0 Å². The highest BCUT2D eigenvalue weighted by atomic mass is 35.5. The number of nitrogens with one attached hydrogen (secondary N) is 2. The number of carbonyl (C=O) groups excluding carboxylic acids is 1. The monoisotopic (exact) mass is 282 g/mol. The molecule has 1 unspecified atom stereocenters. The van der Waals surface area contributed by atoms with Crippen LogP contribution in [-0.4, -0.2) is 29.5 Å². The van der Waals surface area contributed by atoms with Crippen LogP contribution in [0.5, 0.6) is 0 Å². The SMILES string of the molecule is CC1(C)C(=O)NCc2ccc(NCC(O)CCl)cc21. The fraction of sp³-hybridized carbons (Fsp3) is 0.500. The highest BCUT2D eigenvalue weighted by Gasteiger charge is 2.35. The molecule has 0 aromatic heterocycles. The minimum atomic E-state index is -0.575. The summed E-state index contributed by atoms with van der Waals surface area (Å²) in [5.74, 6) is 0.240. The lowest BCUT2D eigenvalue weighted by Crippen LogP contribution is -2.44. The lowest BCUT2D eigenvalue weighted by molar-refractivity contribution is -0.126. The van der Waals surface area contributed by atoms with Crippen molar-refractivity contribution >= 4 is 23.2 Å². The highest BCUT2D eigenvalue weighted by Crippen LogP contribution is 2.32. The van der Waals surface area contributed by atoms with Gasteiger partial charge in [0, 0.05) is 18.8 Å². The molecular weight excluding hydrogens is 264 g/mol. The third-order valence-electron chi connectivity index (χ3n) is 3.51. The van der Waals surface area contributed by atoms with Crippen LogP contribution in [0.4, 0.5) is 5.69 Å². The summed E-state index contributed by atoms with van der Waals surface area (Å²) in [6, 6.07) is 5.94. The number of carbonyl (C=O) groups is 1. The Kier molecular flexibility index (Phi) is 4.02. The quantitative estimate of drug-likeness (QED) is 0.735. The molecule has 19 heavy (non-hydrogen) atoms. The van der Waals surface area contributed by atoms with Gasteiger partial charge < -0.3 is 15.7 Å². The van der Waals surface area contributed by atoms with Gasteiger partial charge in [-0.2, -0.15) is 0 Å². The molecule has 0 bridgehead atoms. The van der Waals surface area contributed by atoms with Gasteiger partial charge in [-0.3, -0.25) is 4.79 Å². The minimum absolute atomic E-state index is 0.0398. The van der Waals surface area contributed by atoms with E-state index in [1.807, 2.05) is 32.0 Å². The second-order valence-corrected chi connectivity index (χ2v) is 5.68. The van der Waals surface area contributed by atoms with Gasteiger partial charge in [-0.05, 0) is 37.1 Å². The molecule has 1 aromatic carbocycles. The second kappa shape index (κ2) is 5.39. The number of amides is 1. The first-order valence-corrected chi connectivity index (χ1v) is 6.88. The third-order valence-corrected chi connectivity index (χ3v) is 3.87. The molecule has 4 nitrogen and oxygen atoms in total. The third kappa shape index (κ3) is 2.85. The van der Waals surface area contributed by atoms with Crippen LogP contribution < -0.4 is 10.6 Å². The Hall–Kier alpha value is -1.26. The van der Waals surface area contributed by atoms with Crippen molar-refractivity contribution in [3.05, 3.63) is 29.3 Å². The van der Waals surface area contributed by atoms with Gasteiger partial charge in [-0.15, -0.1) is 11.6 Å². The zero-order valence-electron chi connectivity index (χ0n) is 11.2. The number of rotatable bonds is 4. The van der Waals surface area contributed by atoms with Crippen molar-refractivity contribution < 1.29 is 9.90 Å². The first-order valence-electron chi connectivity index (χ1n) is 6.34. The number of anilines is 1. The second-order valence-electron chi connectivity index (χ2n) is 5.37. The average Bonchev–Trinajstić information content (AvgIpc) is 2.41. The van der Waals surface area contributed by atoms with Crippen LogP contribution in [-0.2, 0) is 16.8 Å². The van der Waals surface area contributed by atoms with Crippen LogP contribution in [0, 0.1) is 0 Å². The van der Waals surface area contributed by atoms with Crippen molar-refractivity contribution in [2.24, 2.45) is 0 Å². The van der Waals surface area contributed by atoms with E-state index in [1.54, 1.807) is 0 Å². The Morgan fingerprint density at radius 1 is 1.53 bits per heavy atom. The molecule has 3 N–H and O–H groups in total. The summed E-state index contributed by atoms with van der Waals surface area (Å²) in [7, 11) is 0. The van der Waals surface area contributed by atoms with Gasteiger partial charge in [0.25, 0.3) is 0 Å². The molecule has 1 aliphatic heterocycles. The van der Waals surface area contributed by atoms with Crippen LogP contribution in [0.3, 0.4) is 0 Å². The number of halogens is 1. The molecule has 1 aromatic rings. The minimum Gasteiger partial charge on any atom is -0.390 e. The van der Waals surface area contributed by atoms with Crippen molar-refractivity contribution in [2.45, 2.75) is 31.9 Å². The Morgan fingerprint density at radius 2 is 2.26 bits per heavy atom. The fourth-order valence-corrected chi connectivity index (χ4v) is 2.34. The predicted octanol–water partition coefficient (Wildman–Crippen LogP) is 1.61. The summed E-state index contributed by atoms with van der Waals surface area (Å²) in [6.07, 6.45) is -0.575. The summed E-state index contributed by atoms with van der Waals surface area (Å²) < 4.78 is 0. The van der Waals surface area contributed by atoms with E-state index in [9.17, 15) is 9.90 Å². The van der Waals surface area contributed by atoms with Gasteiger partial charge >= 0.3 is 0 Å². The molecule has 1 aliphatic rings. The van der Waals surface area contributed by atoms with Gasteiger partial charge in [0.05, 0.1) is 17.4 Å². The molecular formula is C14H19ClN2O2. The Bertz CT molecular complexity index is 488. The van der Waals surface area contributed by atoms with Crippen molar-refractivity contribution in [3.63, 3.8) is 0 Å². The summed E-state index contributed by atoms with van der Waals surface area (Å²) in [6.45, 7) is 4.80. The molecule has 1 heterocycles. The summed E-state index contributed by atoms with van der Waals surface area (Å²) in [4.78, 5) is 11.9. The Morgan fingerprint density at radius 3 is 2.95 bits per heavy atom. The van der Waals surface area contributed by atoms with E-state index in [0.717, 1.165) is 16.8 Å². The van der Waals surface area contributed by atoms with Crippen LogP contribution in [0.15, 0.2) is 18.2 Å². The van der Waals surface area contributed by atoms with E-state index in [4.69, 9.17) is 11.6 Å². The molecule has 0 radical (unpaired) electrons. The van der Waals surface area contributed by atoms with E-state index in [-0.39, 0.29) is 11.8 Å². The lowest BCUT2D eigenvalue weighted by Gasteiger charge is -2.32. The molecule has 0 aliphatic carbocycles. The number of hydrogen-bond donors (Lipinski definition) is 3. The lowest BCUT2D eigenvalue weighted by atomic mass is 9.78. The number of aliphatic hydroxyl groups excluding tert-OH is 1. The molecule has 5 heteroatoms. The van der Waals surface area contributed by atoms with Gasteiger partial charge in [-0.1, -0.05) is 6.07 Å². The zero-order valence-corrected chi connectivity index (χ0v) is 11.9. The molecule has 2 rings (SSSR count). The molecule has 0 fully saturated rings. The maximum atomic E-state index is 11.9. The van der Waals surface area contributed by atoms with Crippen LogP contribution >= 0.6 is 11.6 Å². The van der Waals surface area contributed by atoms with Crippen LogP contribution in [0.25, 0.3) is 0 Å². The summed E-state index contributed by atoms with van der Waals surface area (Å²) in [5, 5.41) is 15.5. The molecule has 1 atom stereocenters. The van der Waals surface area contributed by atoms with E-state index in [0.29, 0.717) is 13.1 Å². The molecule has 1 amide bonds. The smallest absolute Gasteiger partial charge is 0.230 e. The summed E-state index contributed by atoms with van der Waals surface area (Å²) >= 11 is 5.56. The highest BCUT2D eigenvalue weighted by molar-refractivity contribution is 6.18. The largest absolute Gasteiger partial charge is 0.390 e. The first-order chi connectivity index (χ1) is 8.95. The predicted molar refractivity (Wildman–Crippen MR) is 76.5 cm³/mol. The van der Waals surface area contributed by atoms with Gasteiger partial charge in [0.15, 0.2) is 0 Å². The fourth-order valence-electron chi connectivity index (χ4n) is 2.23. The number of aliphatic hydroxyl groups is 1. The Balaban J connectivity index is 2.22. The van der Waals surface area contributed by atoms with Crippen molar-refractivity contribution in [1.82, 2.24) is 5.32 Å². The molecule has 0 spiro atoms. The first kappa shape index (κ1) is 14.2. The zero-order chi connectivity index (χ0) is 14.0. The van der Waals surface area contributed by atoms with Gasteiger partial charge in [0.2, 0.25) is 5.91 Å². The van der Waals surface area contributed by atoms with E-state index >= 15 is 0 Å². The van der Waals surface area contributed by atoms with Crippen LogP contribution in [0.2, 0.25) is 0 Å². The number of benzene rings is 1.